The third-order valence-electron chi connectivity index (χ3n) is 4.54. The van der Waals surface area contributed by atoms with Crippen molar-refractivity contribution in [1.29, 1.82) is 0 Å². The van der Waals surface area contributed by atoms with Crippen molar-refractivity contribution < 1.29 is 0 Å². The van der Waals surface area contributed by atoms with Crippen molar-refractivity contribution in [1.82, 2.24) is 10.2 Å². The van der Waals surface area contributed by atoms with Crippen LogP contribution >= 0.6 is 11.6 Å². The summed E-state index contributed by atoms with van der Waals surface area (Å²) in [7, 11) is 0. The third-order valence-corrected chi connectivity index (χ3v) is 4.80. The van der Waals surface area contributed by atoms with E-state index in [1.807, 2.05) is 12.1 Å². The zero-order chi connectivity index (χ0) is 15.1. The fourth-order valence-corrected chi connectivity index (χ4v) is 3.18. The van der Waals surface area contributed by atoms with Crippen molar-refractivity contribution in [3.8, 4) is 0 Å². The number of hydrogen-bond acceptors (Lipinski definition) is 2. The van der Waals surface area contributed by atoms with Crippen LogP contribution in [-0.2, 0) is 0 Å². The number of benzene rings is 1. The predicted molar refractivity (Wildman–Crippen MR) is 91.9 cm³/mol. The molecule has 21 heavy (non-hydrogen) atoms. The molecule has 2 rings (SSSR count). The summed E-state index contributed by atoms with van der Waals surface area (Å²) in [6, 6.07) is 8.74. The number of halogens is 1. The summed E-state index contributed by atoms with van der Waals surface area (Å²) in [5.41, 5.74) is 1.36. The normalized spacial score (nSPS) is 18.8. The molecular formula is C18H29ClN2. The van der Waals surface area contributed by atoms with Gasteiger partial charge in [0.15, 0.2) is 0 Å². The highest BCUT2D eigenvalue weighted by Gasteiger charge is 2.16. The SMILES string of the molecule is CCCC(NCCN1CCC(C)CC1)c1ccc(Cl)cc1. The smallest absolute Gasteiger partial charge is 0.0406 e. The highest BCUT2D eigenvalue weighted by atomic mass is 35.5. The van der Waals surface area contributed by atoms with E-state index in [0.717, 1.165) is 17.5 Å². The molecule has 0 bridgehead atoms. The van der Waals surface area contributed by atoms with E-state index in [-0.39, 0.29) is 0 Å². The van der Waals surface area contributed by atoms with Gasteiger partial charge in [0.25, 0.3) is 0 Å². The Morgan fingerprint density at radius 1 is 1.24 bits per heavy atom. The van der Waals surface area contributed by atoms with Gasteiger partial charge in [0.2, 0.25) is 0 Å². The van der Waals surface area contributed by atoms with Gasteiger partial charge in [-0.2, -0.15) is 0 Å². The van der Waals surface area contributed by atoms with Gasteiger partial charge in [0, 0.05) is 24.2 Å². The Morgan fingerprint density at radius 3 is 2.52 bits per heavy atom. The van der Waals surface area contributed by atoms with E-state index in [1.165, 1.54) is 50.9 Å². The molecule has 1 N–H and O–H groups in total. The van der Waals surface area contributed by atoms with Gasteiger partial charge in [-0.15, -0.1) is 0 Å². The molecule has 0 radical (unpaired) electrons. The molecular weight excluding hydrogens is 280 g/mol. The minimum absolute atomic E-state index is 0.455. The quantitative estimate of drug-likeness (QED) is 0.797. The lowest BCUT2D eigenvalue weighted by atomic mass is 9.99. The summed E-state index contributed by atoms with van der Waals surface area (Å²) >= 11 is 5.98. The first-order valence-electron chi connectivity index (χ1n) is 8.40. The summed E-state index contributed by atoms with van der Waals surface area (Å²) < 4.78 is 0. The van der Waals surface area contributed by atoms with Gasteiger partial charge in [-0.3, -0.25) is 0 Å². The Bertz CT molecular complexity index is 396. The first-order chi connectivity index (χ1) is 10.2. The molecule has 1 saturated heterocycles. The van der Waals surface area contributed by atoms with Crippen LogP contribution in [0.25, 0.3) is 0 Å². The second-order valence-corrected chi connectivity index (χ2v) is 6.81. The molecule has 0 saturated carbocycles. The highest BCUT2D eigenvalue weighted by molar-refractivity contribution is 6.30. The summed E-state index contributed by atoms with van der Waals surface area (Å²) in [4.78, 5) is 2.60. The number of piperidine rings is 1. The lowest BCUT2D eigenvalue weighted by Crippen LogP contribution is -2.38. The topological polar surface area (TPSA) is 15.3 Å². The molecule has 1 aromatic carbocycles. The molecule has 0 spiro atoms. The largest absolute Gasteiger partial charge is 0.309 e. The standard InChI is InChI=1S/C18H29ClN2/c1-3-4-18(16-5-7-17(19)8-6-16)20-11-14-21-12-9-15(2)10-13-21/h5-8,15,18,20H,3-4,9-14H2,1-2H3. The minimum Gasteiger partial charge on any atom is -0.309 e. The van der Waals surface area contributed by atoms with Crippen molar-refractivity contribution >= 4 is 11.6 Å². The fraction of sp³-hybridized carbons (Fsp3) is 0.667. The van der Waals surface area contributed by atoms with Gasteiger partial charge in [-0.05, 0) is 56.0 Å². The second kappa shape index (κ2) is 8.77. The summed E-state index contributed by atoms with van der Waals surface area (Å²) in [6.45, 7) is 9.39. The maximum absolute atomic E-state index is 5.98. The molecule has 118 valence electrons. The van der Waals surface area contributed by atoms with Gasteiger partial charge < -0.3 is 10.2 Å². The van der Waals surface area contributed by atoms with Crippen LogP contribution in [-0.4, -0.2) is 31.1 Å². The molecule has 1 aromatic rings. The molecule has 1 atom stereocenters. The van der Waals surface area contributed by atoms with E-state index < -0.39 is 0 Å². The highest BCUT2D eigenvalue weighted by Crippen LogP contribution is 2.21. The zero-order valence-corrected chi connectivity index (χ0v) is 14.2. The number of rotatable bonds is 7. The van der Waals surface area contributed by atoms with Crippen LogP contribution in [0.1, 0.15) is 51.1 Å². The van der Waals surface area contributed by atoms with Gasteiger partial charge >= 0.3 is 0 Å². The Labute approximate surface area is 134 Å². The molecule has 2 nitrogen and oxygen atoms in total. The van der Waals surface area contributed by atoms with E-state index in [2.05, 4.69) is 36.2 Å². The zero-order valence-electron chi connectivity index (χ0n) is 13.4. The van der Waals surface area contributed by atoms with E-state index in [0.29, 0.717) is 6.04 Å². The van der Waals surface area contributed by atoms with Crippen molar-refractivity contribution in [2.75, 3.05) is 26.2 Å². The average Bonchev–Trinajstić information content (AvgIpc) is 2.49. The Hall–Kier alpha value is -0.570. The molecule has 1 unspecified atom stereocenters. The summed E-state index contributed by atoms with van der Waals surface area (Å²) in [6.07, 6.45) is 5.09. The van der Waals surface area contributed by atoms with Crippen LogP contribution < -0.4 is 5.32 Å². The van der Waals surface area contributed by atoms with E-state index in [4.69, 9.17) is 11.6 Å². The first-order valence-corrected chi connectivity index (χ1v) is 8.78. The van der Waals surface area contributed by atoms with Crippen molar-refractivity contribution in [3.63, 3.8) is 0 Å². The lowest BCUT2D eigenvalue weighted by Gasteiger charge is -2.30. The monoisotopic (exact) mass is 308 g/mol. The van der Waals surface area contributed by atoms with Crippen LogP contribution in [0.2, 0.25) is 5.02 Å². The van der Waals surface area contributed by atoms with Gasteiger partial charge in [-0.25, -0.2) is 0 Å². The van der Waals surface area contributed by atoms with Crippen LogP contribution in [0.3, 0.4) is 0 Å². The van der Waals surface area contributed by atoms with Gasteiger partial charge in [0.05, 0.1) is 0 Å². The van der Waals surface area contributed by atoms with Crippen LogP contribution in [0.5, 0.6) is 0 Å². The molecule has 0 amide bonds. The number of nitrogens with zero attached hydrogens (tertiary/aromatic N) is 1. The van der Waals surface area contributed by atoms with Crippen molar-refractivity contribution in [3.05, 3.63) is 34.9 Å². The molecule has 1 fully saturated rings. The van der Waals surface area contributed by atoms with Crippen molar-refractivity contribution in [2.45, 2.75) is 45.6 Å². The molecule has 3 heteroatoms. The molecule has 1 heterocycles. The Morgan fingerprint density at radius 2 is 1.90 bits per heavy atom. The molecule has 1 aliphatic rings. The fourth-order valence-electron chi connectivity index (χ4n) is 3.05. The van der Waals surface area contributed by atoms with E-state index in [1.54, 1.807) is 0 Å². The summed E-state index contributed by atoms with van der Waals surface area (Å²) in [5.74, 6) is 0.913. The predicted octanol–water partition coefficient (Wildman–Crippen LogP) is 4.50. The number of hydrogen-bond donors (Lipinski definition) is 1. The maximum Gasteiger partial charge on any atom is 0.0406 e. The Kier molecular flexibility index (Phi) is 7.01. The maximum atomic E-state index is 5.98. The van der Waals surface area contributed by atoms with E-state index >= 15 is 0 Å². The van der Waals surface area contributed by atoms with Crippen LogP contribution in [0, 0.1) is 5.92 Å². The first kappa shape index (κ1) is 16.8. The molecule has 0 aliphatic carbocycles. The summed E-state index contributed by atoms with van der Waals surface area (Å²) in [5, 5.41) is 4.55. The Balaban J connectivity index is 1.78. The van der Waals surface area contributed by atoms with Gasteiger partial charge in [0.1, 0.15) is 0 Å². The minimum atomic E-state index is 0.455. The third kappa shape index (κ3) is 5.61. The van der Waals surface area contributed by atoms with Crippen LogP contribution in [0.4, 0.5) is 0 Å². The van der Waals surface area contributed by atoms with Crippen molar-refractivity contribution in [2.24, 2.45) is 5.92 Å². The van der Waals surface area contributed by atoms with E-state index in [9.17, 15) is 0 Å². The lowest BCUT2D eigenvalue weighted by molar-refractivity contribution is 0.191. The van der Waals surface area contributed by atoms with Gasteiger partial charge in [-0.1, -0.05) is 44.0 Å². The average molecular weight is 309 g/mol. The van der Waals surface area contributed by atoms with Crippen LogP contribution in [0.15, 0.2) is 24.3 Å². The number of likely N-dealkylation sites (tertiary alicyclic amines) is 1. The number of nitrogens with one attached hydrogen (secondary N) is 1. The molecule has 1 aliphatic heterocycles. The second-order valence-electron chi connectivity index (χ2n) is 6.37. The molecule has 0 aromatic heterocycles.